The molecule has 6 heteroatoms. The summed E-state index contributed by atoms with van der Waals surface area (Å²) in [5, 5.41) is 2.95. The molecule has 1 heterocycles. The molecule has 6 nitrogen and oxygen atoms in total. The van der Waals surface area contributed by atoms with Crippen LogP contribution in [0.3, 0.4) is 0 Å². The fraction of sp³-hybridized carbons (Fsp3) is 0.667. The van der Waals surface area contributed by atoms with Crippen LogP contribution in [0.1, 0.15) is 40.0 Å². The second kappa shape index (κ2) is 16.2. The Morgan fingerprint density at radius 1 is 1.08 bits per heavy atom. The Kier molecular flexibility index (Phi) is 15.1. The first-order valence-corrected chi connectivity index (χ1v) is 8.70. The van der Waals surface area contributed by atoms with E-state index in [1.165, 1.54) is 0 Å². The van der Waals surface area contributed by atoms with Crippen LogP contribution in [0.25, 0.3) is 0 Å². The first-order chi connectivity index (χ1) is 11.8. The molecule has 24 heavy (non-hydrogen) atoms. The Labute approximate surface area is 145 Å². The van der Waals surface area contributed by atoms with E-state index in [1.54, 1.807) is 6.20 Å². The van der Waals surface area contributed by atoms with Crippen molar-refractivity contribution in [1.82, 2.24) is 4.98 Å². The summed E-state index contributed by atoms with van der Waals surface area (Å²) >= 11 is 0. The minimum absolute atomic E-state index is 0.135. The number of rotatable bonds is 13. The highest BCUT2D eigenvalue weighted by Crippen LogP contribution is 2.11. The Morgan fingerprint density at radius 2 is 1.75 bits per heavy atom. The van der Waals surface area contributed by atoms with Gasteiger partial charge in [0, 0.05) is 39.7 Å². The standard InChI is InChI=1S/C16H26N2O4.C2H6/c1-3-14(19)13-21-10-4-8-20-9-5-11-22-15-6-7-16(17-2)18-12-15;1-2/h6-7,12H,3-5,8-11,13H2,1-2H3,(H,17,18);1-2H3. The molecule has 0 amide bonds. The molecule has 0 saturated carbocycles. The van der Waals surface area contributed by atoms with Gasteiger partial charge in [-0.1, -0.05) is 20.8 Å². The second-order valence-corrected chi connectivity index (χ2v) is 4.74. The number of carbonyl (C=O) groups excluding carboxylic acids is 1. The highest BCUT2D eigenvalue weighted by molar-refractivity contribution is 5.79. The molecule has 0 radical (unpaired) electrons. The lowest BCUT2D eigenvalue weighted by atomic mass is 10.3. The van der Waals surface area contributed by atoms with E-state index in [0.717, 1.165) is 24.4 Å². The molecule has 1 rings (SSSR count). The number of ether oxygens (including phenoxy) is 3. The topological polar surface area (TPSA) is 69.7 Å². The van der Waals surface area contributed by atoms with Gasteiger partial charge in [0.05, 0.1) is 12.8 Å². The van der Waals surface area contributed by atoms with E-state index in [0.29, 0.717) is 32.8 Å². The van der Waals surface area contributed by atoms with Crippen molar-refractivity contribution < 1.29 is 19.0 Å². The van der Waals surface area contributed by atoms with Crippen molar-refractivity contribution in [1.29, 1.82) is 0 Å². The van der Waals surface area contributed by atoms with E-state index in [9.17, 15) is 4.79 Å². The fourth-order valence-corrected chi connectivity index (χ4v) is 1.62. The number of carbonyl (C=O) groups is 1. The Bertz CT molecular complexity index is 410. The third-order valence-corrected chi connectivity index (χ3v) is 2.93. The predicted molar refractivity (Wildman–Crippen MR) is 96.8 cm³/mol. The van der Waals surface area contributed by atoms with Crippen molar-refractivity contribution in [3.05, 3.63) is 18.3 Å². The van der Waals surface area contributed by atoms with Gasteiger partial charge in [-0.2, -0.15) is 0 Å². The van der Waals surface area contributed by atoms with Crippen LogP contribution in [-0.4, -0.2) is 50.8 Å². The van der Waals surface area contributed by atoms with Crippen LogP contribution in [0.4, 0.5) is 5.82 Å². The van der Waals surface area contributed by atoms with Crippen molar-refractivity contribution in [2.45, 2.75) is 40.0 Å². The molecule has 0 aromatic carbocycles. The molecule has 1 N–H and O–H groups in total. The molecule has 0 bridgehead atoms. The maximum atomic E-state index is 11.0. The minimum Gasteiger partial charge on any atom is -0.492 e. The first-order valence-electron chi connectivity index (χ1n) is 8.70. The quantitative estimate of drug-likeness (QED) is 0.556. The number of hydrogen-bond donors (Lipinski definition) is 1. The molecule has 0 aliphatic rings. The molecule has 0 saturated heterocycles. The molecular weight excluding hydrogens is 308 g/mol. The van der Waals surface area contributed by atoms with Crippen LogP contribution in [0, 0.1) is 0 Å². The van der Waals surface area contributed by atoms with E-state index in [2.05, 4.69) is 10.3 Å². The van der Waals surface area contributed by atoms with Gasteiger partial charge in [0.1, 0.15) is 18.2 Å². The van der Waals surface area contributed by atoms with E-state index in [1.807, 2.05) is 40.0 Å². The number of anilines is 1. The lowest BCUT2D eigenvalue weighted by molar-refractivity contribution is -0.123. The molecule has 1 aromatic rings. The van der Waals surface area contributed by atoms with Crippen molar-refractivity contribution >= 4 is 11.6 Å². The average molecular weight is 340 g/mol. The number of ketones is 1. The maximum Gasteiger partial charge on any atom is 0.158 e. The molecule has 0 spiro atoms. The van der Waals surface area contributed by atoms with Crippen molar-refractivity contribution in [3.63, 3.8) is 0 Å². The molecule has 0 aliphatic heterocycles. The smallest absolute Gasteiger partial charge is 0.158 e. The highest BCUT2D eigenvalue weighted by atomic mass is 16.5. The van der Waals surface area contributed by atoms with Gasteiger partial charge in [0.25, 0.3) is 0 Å². The number of aromatic nitrogens is 1. The zero-order valence-electron chi connectivity index (χ0n) is 15.5. The van der Waals surface area contributed by atoms with Gasteiger partial charge in [0.2, 0.25) is 0 Å². The summed E-state index contributed by atoms with van der Waals surface area (Å²) in [5.41, 5.74) is 0. The lowest BCUT2D eigenvalue weighted by Crippen LogP contribution is -2.10. The lowest BCUT2D eigenvalue weighted by Gasteiger charge is -2.07. The molecular formula is C18H32N2O4. The van der Waals surface area contributed by atoms with Crippen molar-refractivity contribution in [2.24, 2.45) is 0 Å². The first kappa shape index (κ1) is 22.3. The highest BCUT2D eigenvalue weighted by Gasteiger charge is 1.98. The normalized spacial score (nSPS) is 9.83. The van der Waals surface area contributed by atoms with Crippen LogP contribution in [0.15, 0.2) is 18.3 Å². The van der Waals surface area contributed by atoms with Crippen molar-refractivity contribution in [2.75, 3.05) is 45.4 Å². The van der Waals surface area contributed by atoms with E-state index in [4.69, 9.17) is 14.2 Å². The van der Waals surface area contributed by atoms with Gasteiger partial charge in [-0.05, 0) is 18.6 Å². The molecule has 0 aliphatic carbocycles. The van der Waals surface area contributed by atoms with E-state index >= 15 is 0 Å². The van der Waals surface area contributed by atoms with Gasteiger partial charge in [-0.15, -0.1) is 0 Å². The van der Waals surface area contributed by atoms with Crippen LogP contribution in [-0.2, 0) is 14.3 Å². The summed E-state index contributed by atoms with van der Waals surface area (Å²) in [6, 6.07) is 3.75. The van der Waals surface area contributed by atoms with Gasteiger partial charge >= 0.3 is 0 Å². The van der Waals surface area contributed by atoms with Gasteiger partial charge in [-0.3, -0.25) is 4.79 Å². The van der Waals surface area contributed by atoms with Crippen LogP contribution in [0.5, 0.6) is 5.75 Å². The molecule has 0 atom stereocenters. The molecule has 0 fully saturated rings. The summed E-state index contributed by atoms with van der Waals surface area (Å²) < 4.78 is 16.3. The third-order valence-electron chi connectivity index (χ3n) is 2.93. The third kappa shape index (κ3) is 11.8. The minimum atomic E-state index is 0.135. The number of nitrogens with zero attached hydrogens (tertiary/aromatic N) is 1. The number of pyridine rings is 1. The Balaban J connectivity index is 0.00000254. The second-order valence-electron chi connectivity index (χ2n) is 4.74. The largest absolute Gasteiger partial charge is 0.492 e. The van der Waals surface area contributed by atoms with Crippen LogP contribution < -0.4 is 10.1 Å². The molecule has 138 valence electrons. The average Bonchev–Trinajstić information content (AvgIpc) is 2.65. The monoisotopic (exact) mass is 340 g/mol. The fourth-order valence-electron chi connectivity index (χ4n) is 1.62. The molecule has 0 unspecified atom stereocenters. The zero-order valence-corrected chi connectivity index (χ0v) is 15.5. The number of Topliss-reactive ketones (excluding diaryl/α,β-unsaturated/α-hetero) is 1. The maximum absolute atomic E-state index is 11.0. The van der Waals surface area contributed by atoms with Gasteiger partial charge < -0.3 is 19.5 Å². The Morgan fingerprint density at radius 3 is 2.33 bits per heavy atom. The molecule has 1 aromatic heterocycles. The van der Waals surface area contributed by atoms with E-state index < -0.39 is 0 Å². The summed E-state index contributed by atoms with van der Waals surface area (Å²) in [6.45, 7) is 8.50. The Hall–Kier alpha value is -1.66. The van der Waals surface area contributed by atoms with Crippen molar-refractivity contribution in [3.8, 4) is 5.75 Å². The van der Waals surface area contributed by atoms with Gasteiger partial charge in [-0.25, -0.2) is 4.98 Å². The number of nitrogens with one attached hydrogen (secondary N) is 1. The van der Waals surface area contributed by atoms with Gasteiger partial charge in [0.15, 0.2) is 5.78 Å². The summed E-state index contributed by atoms with van der Waals surface area (Å²) in [4.78, 5) is 15.2. The SMILES string of the molecule is CC.CCC(=O)COCCCOCCCOc1ccc(NC)nc1. The van der Waals surface area contributed by atoms with E-state index in [-0.39, 0.29) is 12.4 Å². The summed E-state index contributed by atoms with van der Waals surface area (Å²) in [5.74, 6) is 1.71. The predicted octanol–water partition coefficient (Wildman–Crippen LogP) is 3.32. The summed E-state index contributed by atoms with van der Waals surface area (Å²) in [6.07, 6.45) is 3.85. The summed E-state index contributed by atoms with van der Waals surface area (Å²) in [7, 11) is 1.83. The zero-order chi connectivity index (χ0) is 18.0. The van der Waals surface area contributed by atoms with Crippen LogP contribution >= 0.6 is 0 Å². The van der Waals surface area contributed by atoms with Crippen LogP contribution in [0.2, 0.25) is 0 Å². The number of hydrogen-bond acceptors (Lipinski definition) is 6.